The summed E-state index contributed by atoms with van der Waals surface area (Å²) in [6.07, 6.45) is 3.39. The number of amides is 1. The lowest BCUT2D eigenvalue weighted by Gasteiger charge is -2.18. The maximum Gasteiger partial charge on any atom is 0.255 e. The highest BCUT2D eigenvalue weighted by Crippen LogP contribution is 2.30. The van der Waals surface area contributed by atoms with E-state index in [0.29, 0.717) is 47.5 Å². The summed E-state index contributed by atoms with van der Waals surface area (Å²) in [7, 11) is 0. The molecule has 1 aliphatic heterocycles. The van der Waals surface area contributed by atoms with E-state index < -0.39 is 0 Å². The maximum atomic E-state index is 12.5. The molecule has 7 heteroatoms. The summed E-state index contributed by atoms with van der Waals surface area (Å²) in [4.78, 5) is 12.5. The molecular weight excluding hydrogens is 354 g/mol. The third-order valence-electron chi connectivity index (χ3n) is 3.93. The predicted octanol–water partition coefficient (Wildman–Crippen LogP) is 3.61. The Hall–Kier alpha value is -2.99. The van der Waals surface area contributed by atoms with Crippen LogP contribution in [0.25, 0.3) is 0 Å². The van der Waals surface area contributed by atoms with Gasteiger partial charge in [-0.3, -0.25) is 9.48 Å². The van der Waals surface area contributed by atoms with E-state index in [4.69, 9.17) is 21.1 Å². The van der Waals surface area contributed by atoms with Crippen molar-refractivity contribution in [3.8, 4) is 11.5 Å². The second kappa shape index (κ2) is 7.09. The zero-order valence-electron chi connectivity index (χ0n) is 13.8. The van der Waals surface area contributed by atoms with Crippen molar-refractivity contribution in [3.05, 3.63) is 71.0 Å². The third kappa shape index (κ3) is 3.65. The molecule has 1 N–H and O–H groups in total. The lowest BCUT2D eigenvalue weighted by atomic mass is 10.2. The highest BCUT2D eigenvalue weighted by Gasteiger charge is 2.15. The van der Waals surface area contributed by atoms with Crippen LogP contribution in [0.4, 0.5) is 5.69 Å². The number of anilines is 1. The minimum atomic E-state index is -0.232. The molecule has 132 valence electrons. The summed E-state index contributed by atoms with van der Waals surface area (Å²) >= 11 is 6.00. The lowest BCUT2D eigenvalue weighted by Crippen LogP contribution is -2.17. The first-order valence-corrected chi connectivity index (χ1v) is 8.53. The number of nitrogens with zero attached hydrogens (tertiary/aromatic N) is 2. The quantitative estimate of drug-likeness (QED) is 0.763. The first-order chi connectivity index (χ1) is 12.7. The van der Waals surface area contributed by atoms with E-state index in [0.717, 1.165) is 5.56 Å². The van der Waals surface area contributed by atoms with E-state index in [1.54, 1.807) is 35.3 Å². The van der Waals surface area contributed by atoms with Crippen molar-refractivity contribution in [2.45, 2.75) is 6.54 Å². The van der Waals surface area contributed by atoms with E-state index >= 15 is 0 Å². The fraction of sp³-hybridized carbons (Fsp3) is 0.158. The number of ether oxygens (including phenoxy) is 2. The largest absolute Gasteiger partial charge is 0.486 e. The molecule has 0 fully saturated rings. The van der Waals surface area contributed by atoms with Crippen molar-refractivity contribution in [1.82, 2.24) is 9.78 Å². The van der Waals surface area contributed by atoms with Crippen molar-refractivity contribution < 1.29 is 14.3 Å². The molecule has 2 heterocycles. The first-order valence-electron chi connectivity index (χ1n) is 8.15. The van der Waals surface area contributed by atoms with Crippen molar-refractivity contribution in [2.75, 3.05) is 18.5 Å². The van der Waals surface area contributed by atoms with Gasteiger partial charge in [-0.15, -0.1) is 0 Å². The van der Waals surface area contributed by atoms with Crippen LogP contribution in [0.1, 0.15) is 15.9 Å². The average Bonchev–Trinajstić information content (AvgIpc) is 3.08. The highest BCUT2D eigenvalue weighted by atomic mass is 35.5. The van der Waals surface area contributed by atoms with Gasteiger partial charge in [0.2, 0.25) is 0 Å². The standard InChI is InChI=1S/C19H16ClN3O3/c20-15-3-1-2-13(8-15)11-23-12-16(10-21-23)22-19(24)14-4-5-17-18(9-14)26-7-6-25-17/h1-5,8-10,12H,6-7,11H2,(H,22,24). The molecule has 0 aliphatic carbocycles. The van der Waals surface area contributed by atoms with E-state index in [1.165, 1.54) is 0 Å². The van der Waals surface area contributed by atoms with Gasteiger partial charge in [0.1, 0.15) is 13.2 Å². The van der Waals surface area contributed by atoms with Gasteiger partial charge in [0.25, 0.3) is 5.91 Å². The molecule has 0 spiro atoms. The Labute approximate surface area is 155 Å². The minimum Gasteiger partial charge on any atom is -0.486 e. The Morgan fingerprint density at radius 2 is 2.00 bits per heavy atom. The second-order valence-electron chi connectivity index (χ2n) is 5.87. The summed E-state index contributed by atoms with van der Waals surface area (Å²) in [6.45, 7) is 1.57. The molecule has 2 aromatic carbocycles. The van der Waals surface area contributed by atoms with Gasteiger partial charge >= 0.3 is 0 Å². The smallest absolute Gasteiger partial charge is 0.255 e. The van der Waals surface area contributed by atoms with Crippen molar-refractivity contribution in [2.24, 2.45) is 0 Å². The number of halogens is 1. The van der Waals surface area contributed by atoms with Crippen molar-refractivity contribution >= 4 is 23.2 Å². The van der Waals surface area contributed by atoms with E-state index in [1.807, 2.05) is 24.3 Å². The van der Waals surface area contributed by atoms with Gasteiger partial charge in [0, 0.05) is 16.8 Å². The molecular formula is C19H16ClN3O3. The van der Waals surface area contributed by atoms with Crippen molar-refractivity contribution in [1.29, 1.82) is 0 Å². The Bertz CT molecular complexity index is 955. The molecule has 4 rings (SSSR count). The number of nitrogens with one attached hydrogen (secondary N) is 1. The predicted molar refractivity (Wildman–Crippen MR) is 98.2 cm³/mol. The van der Waals surface area contributed by atoms with Crippen LogP contribution in [0.3, 0.4) is 0 Å². The van der Waals surface area contributed by atoms with Crippen LogP contribution in [0.5, 0.6) is 11.5 Å². The van der Waals surface area contributed by atoms with Gasteiger partial charge in [-0.25, -0.2) is 0 Å². The summed E-state index contributed by atoms with van der Waals surface area (Å²) in [5.74, 6) is 1.01. The number of aromatic nitrogens is 2. The zero-order valence-corrected chi connectivity index (χ0v) is 14.6. The zero-order chi connectivity index (χ0) is 17.9. The average molecular weight is 370 g/mol. The molecule has 1 amide bonds. The number of carbonyl (C=O) groups is 1. The minimum absolute atomic E-state index is 0.232. The summed E-state index contributed by atoms with van der Waals surface area (Å²) < 4.78 is 12.7. The molecule has 0 radical (unpaired) electrons. The number of carbonyl (C=O) groups excluding carboxylic acids is 1. The van der Waals surface area contributed by atoms with Crippen LogP contribution >= 0.6 is 11.6 Å². The molecule has 1 aromatic heterocycles. The van der Waals surface area contributed by atoms with E-state index in [2.05, 4.69) is 10.4 Å². The number of benzene rings is 2. The van der Waals surface area contributed by atoms with Crippen LogP contribution < -0.4 is 14.8 Å². The lowest BCUT2D eigenvalue weighted by molar-refractivity contribution is 0.102. The molecule has 0 bridgehead atoms. The van der Waals surface area contributed by atoms with Gasteiger partial charge in [-0.05, 0) is 35.9 Å². The van der Waals surface area contributed by atoms with E-state index in [-0.39, 0.29) is 5.91 Å². The molecule has 0 saturated heterocycles. The Balaban J connectivity index is 1.44. The monoisotopic (exact) mass is 369 g/mol. The van der Waals surface area contributed by atoms with Gasteiger partial charge < -0.3 is 14.8 Å². The third-order valence-corrected chi connectivity index (χ3v) is 4.16. The molecule has 26 heavy (non-hydrogen) atoms. The van der Waals surface area contributed by atoms with Crippen LogP contribution in [0.15, 0.2) is 54.9 Å². The summed E-state index contributed by atoms with van der Waals surface area (Å²) in [6, 6.07) is 12.7. The number of rotatable bonds is 4. The SMILES string of the molecule is O=C(Nc1cnn(Cc2cccc(Cl)c2)c1)c1ccc2c(c1)OCCO2. The van der Waals surface area contributed by atoms with Crippen molar-refractivity contribution in [3.63, 3.8) is 0 Å². The topological polar surface area (TPSA) is 65.4 Å². The summed E-state index contributed by atoms with van der Waals surface area (Å²) in [5, 5.41) is 7.79. The Morgan fingerprint density at radius 3 is 2.85 bits per heavy atom. The maximum absolute atomic E-state index is 12.5. The molecule has 1 aliphatic rings. The number of hydrogen-bond donors (Lipinski definition) is 1. The van der Waals surface area contributed by atoms with Crippen LogP contribution in [-0.4, -0.2) is 28.9 Å². The van der Waals surface area contributed by atoms with Gasteiger partial charge in [0.15, 0.2) is 11.5 Å². The fourth-order valence-corrected chi connectivity index (χ4v) is 2.94. The van der Waals surface area contributed by atoms with Crippen LogP contribution in [-0.2, 0) is 6.54 Å². The molecule has 0 unspecified atom stereocenters. The summed E-state index contributed by atoms with van der Waals surface area (Å²) in [5.41, 5.74) is 2.15. The Morgan fingerprint density at radius 1 is 1.15 bits per heavy atom. The number of fused-ring (bicyclic) bond motifs is 1. The molecule has 6 nitrogen and oxygen atoms in total. The van der Waals surface area contributed by atoms with Crippen LogP contribution in [0.2, 0.25) is 5.02 Å². The number of hydrogen-bond acceptors (Lipinski definition) is 4. The highest BCUT2D eigenvalue weighted by molar-refractivity contribution is 6.30. The van der Waals surface area contributed by atoms with Crippen LogP contribution in [0, 0.1) is 0 Å². The fourth-order valence-electron chi connectivity index (χ4n) is 2.72. The first kappa shape index (κ1) is 16.5. The van der Waals surface area contributed by atoms with Gasteiger partial charge in [-0.1, -0.05) is 23.7 Å². The normalized spacial score (nSPS) is 12.7. The second-order valence-corrected chi connectivity index (χ2v) is 6.31. The molecule has 3 aromatic rings. The van der Waals surface area contributed by atoms with Gasteiger partial charge in [0.05, 0.1) is 18.4 Å². The molecule has 0 saturated carbocycles. The van der Waals surface area contributed by atoms with E-state index in [9.17, 15) is 4.79 Å². The van der Waals surface area contributed by atoms with Gasteiger partial charge in [-0.2, -0.15) is 5.10 Å². The Kier molecular flexibility index (Phi) is 4.50. The molecule has 0 atom stereocenters.